The average Bonchev–Trinajstić information content (AvgIpc) is 2.98. The summed E-state index contributed by atoms with van der Waals surface area (Å²) in [5, 5.41) is 16.9. The van der Waals surface area contributed by atoms with Gasteiger partial charge in [-0.25, -0.2) is 0 Å². The first kappa shape index (κ1) is 18.0. The quantitative estimate of drug-likeness (QED) is 0.432. The molecule has 24 heavy (non-hydrogen) atoms. The molecule has 2 rings (SSSR count). The van der Waals surface area contributed by atoms with Crippen molar-refractivity contribution in [3.8, 4) is 11.3 Å². The molecule has 2 N–H and O–H groups in total. The van der Waals surface area contributed by atoms with Crippen LogP contribution < -0.4 is 10.6 Å². The van der Waals surface area contributed by atoms with Crippen LogP contribution >= 0.6 is 11.6 Å². The number of carbonyl (C=O) groups excluding carboxylic acids is 1. The fourth-order valence-electron chi connectivity index (χ4n) is 2.12. The molecule has 0 saturated carbocycles. The molecule has 0 saturated heterocycles. The lowest BCUT2D eigenvalue weighted by Gasteiger charge is -2.04. The molecule has 7 nitrogen and oxygen atoms in total. The minimum absolute atomic E-state index is 0.0364. The highest BCUT2D eigenvalue weighted by Gasteiger charge is 2.13. The molecular weight excluding hydrogens is 334 g/mol. The third-order valence-corrected chi connectivity index (χ3v) is 3.61. The molecule has 0 aliphatic heterocycles. The summed E-state index contributed by atoms with van der Waals surface area (Å²) in [6, 6.07) is 7.88. The predicted molar refractivity (Wildman–Crippen MR) is 90.8 cm³/mol. The summed E-state index contributed by atoms with van der Waals surface area (Å²) in [6.45, 7) is 3.41. The molecule has 1 heterocycles. The number of rotatable bonds is 8. The maximum Gasteiger partial charge on any atom is 0.270 e. The SMILES string of the molecule is CC(=O)NCCCNCc1ccc(-c2ccc([N+](=O)[O-])cc2Cl)o1. The zero-order chi connectivity index (χ0) is 17.5. The van der Waals surface area contributed by atoms with Gasteiger partial charge in [0.25, 0.3) is 5.69 Å². The molecule has 1 aromatic carbocycles. The van der Waals surface area contributed by atoms with E-state index in [4.69, 9.17) is 16.0 Å². The van der Waals surface area contributed by atoms with Crippen LogP contribution in [-0.4, -0.2) is 23.9 Å². The van der Waals surface area contributed by atoms with Gasteiger partial charge in [0.1, 0.15) is 11.5 Å². The van der Waals surface area contributed by atoms with E-state index in [-0.39, 0.29) is 16.6 Å². The van der Waals surface area contributed by atoms with E-state index in [0.29, 0.717) is 24.4 Å². The zero-order valence-electron chi connectivity index (χ0n) is 13.2. The number of carbonyl (C=O) groups is 1. The van der Waals surface area contributed by atoms with E-state index < -0.39 is 4.92 Å². The molecular formula is C16H18ClN3O4. The number of hydrogen-bond acceptors (Lipinski definition) is 5. The average molecular weight is 352 g/mol. The number of amides is 1. The fourth-order valence-corrected chi connectivity index (χ4v) is 2.39. The first-order valence-electron chi connectivity index (χ1n) is 7.45. The highest BCUT2D eigenvalue weighted by Crippen LogP contribution is 2.32. The van der Waals surface area contributed by atoms with Gasteiger partial charge in [-0.05, 0) is 31.2 Å². The van der Waals surface area contributed by atoms with Gasteiger partial charge in [0, 0.05) is 31.2 Å². The number of hydrogen-bond donors (Lipinski definition) is 2. The Morgan fingerprint density at radius 1 is 1.29 bits per heavy atom. The molecule has 0 bridgehead atoms. The van der Waals surface area contributed by atoms with Crippen molar-refractivity contribution in [2.45, 2.75) is 19.9 Å². The molecule has 0 unspecified atom stereocenters. The molecule has 0 fully saturated rings. The number of benzene rings is 1. The molecule has 8 heteroatoms. The van der Waals surface area contributed by atoms with Crippen LogP contribution in [0.2, 0.25) is 5.02 Å². The first-order chi connectivity index (χ1) is 11.5. The lowest BCUT2D eigenvalue weighted by atomic mass is 10.1. The Morgan fingerprint density at radius 3 is 2.75 bits per heavy atom. The number of furan rings is 1. The van der Waals surface area contributed by atoms with Crippen LogP contribution in [0.1, 0.15) is 19.1 Å². The number of non-ortho nitro benzene ring substituents is 1. The molecule has 1 aromatic heterocycles. The Balaban J connectivity index is 1.89. The highest BCUT2D eigenvalue weighted by molar-refractivity contribution is 6.33. The Hall–Kier alpha value is -2.38. The third kappa shape index (κ3) is 5.07. The van der Waals surface area contributed by atoms with E-state index in [9.17, 15) is 14.9 Å². The van der Waals surface area contributed by atoms with Gasteiger partial charge in [0.2, 0.25) is 5.91 Å². The van der Waals surface area contributed by atoms with E-state index in [1.54, 1.807) is 12.1 Å². The molecule has 0 aliphatic carbocycles. The maximum absolute atomic E-state index is 10.7. The first-order valence-corrected chi connectivity index (χ1v) is 7.83. The van der Waals surface area contributed by atoms with Gasteiger partial charge in [-0.15, -0.1) is 0 Å². The van der Waals surface area contributed by atoms with Crippen molar-refractivity contribution >= 4 is 23.2 Å². The van der Waals surface area contributed by atoms with Crippen molar-refractivity contribution in [1.29, 1.82) is 0 Å². The largest absolute Gasteiger partial charge is 0.460 e. The molecule has 128 valence electrons. The van der Waals surface area contributed by atoms with E-state index >= 15 is 0 Å². The second-order valence-electron chi connectivity index (χ2n) is 5.20. The van der Waals surface area contributed by atoms with Gasteiger partial charge in [-0.3, -0.25) is 14.9 Å². The minimum Gasteiger partial charge on any atom is -0.460 e. The summed E-state index contributed by atoms with van der Waals surface area (Å²) in [5.41, 5.74) is 0.551. The Labute approximate surface area is 144 Å². The van der Waals surface area contributed by atoms with Gasteiger partial charge >= 0.3 is 0 Å². The van der Waals surface area contributed by atoms with Crippen LogP contribution in [-0.2, 0) is 11.3 Å². The molecule has 1 amide bonds. The number of nitro groups is 1. The van der Waals surface area contributed by atoms with Crippen molar-refractivity contribution < 1.29 is 14.1 Å². The molecule has 0 radical (unpaired) electrons. The molecule has 2 aromatic rings. The second kappa shape index (κ2) is 8.47. The number of halogens is 1. The normalized spacial score (nSPS) is 10.6. The molecule has 0 aliphatic rings. The summed E-state index contributed by atoms with van der Waals surface area (Å²) in [6.07, 6.45) is 0.821. The van der Waals surface area contributed by atoms with E-state index in [1.807, 2.05) is 6.07 Å². The molecule has 0 spiro atoms. The van der Waals surface area contributed by atoms with Gasteiger partial charge in [-0.2, -0.15) is 0 Å². The third-order valence-electron chi connectivity index (χ3n) is 3.29. The maximum atomic E-state index is 10.7. The van der Waals surface area contributed by atoms with Gasteiger partial charge < -0.3 is 15.1 Å². The van der Waals surface area contributed by atoms with Crippen LogP contribution in [0.4, 0.5) is 5.69 Å². The van der Waals surface area contributed by atoms with Crippen LogP contribution in [0, 0.1) is 10.1 Å². The second-order valence-corrected chi connectivity index (χ2v) is 5.61. The van der Waals surface area contributed by atoms with Gasteiger partial charge in [0.15, 0.2) is 0 Å². The predicted octanol–water partition coefficient (Wildman–Crippen LogP) is 3.12. The summed E-state index contributed by atoms with van der Waals surface area (Å²) in [7, 11) is 0. The van der Waals surface area contributed by atoms with Gasteiger partial charge in [0.05, 0.1) is 16.5 Å². The lowest BCUT2D eigenvalue weighted by Crippen LogP contribution is -2.24. The monoisotopic (exact) mass is 351 g/mol. The van der Waals surface area contributed by atoms with Crippen LogP contribution in [0.15, 0.2) is 34.7 Å². The molecule has 0 atom stereocenters. The Bertz CT molecular complexity index is 730. The lowest BCUT2D eigenvalue weighted by molar-refractivity contribution is -0.384. The van der Waals surface area contributed by atoms with Crippen LogP contribution in [0.25, 0.3) is 11.3 Å². The Morgan fingerprint density at radius 2 is 2.08 bits per heavy atom. The van der Waals surface area contributed by atoms with E-state index in [0.717, 1.165) is 18.7 Å². The standard InChI is InChI=1S/C16H18ClN3O4/c1-11(21)19-8-2-7-18-10-13-4-6-16(24-13)14-5-3-12(20(22)23)9-15(14)17/h3-6,9,18H,2,7-8,10H2,1H3,(H,19,21). The topological polar surface area (TPSA) is 97.4 Å². The zero-order valence-corrected chi connectivity index (χ0v) is 13.9. The fraction of sp³-hybridized carbons (Fsp3) is 0.312. The van der Waals surface area contributed by atoms with Crippen LogP contribution in [0.5, 0.6) is 0 Å². The van der Waals surface area contributed by atoms with Crippen molar-refractivity contribution in [1.82, 2.24) is 10.6 Å². The van der Waals surface area contributed by atoms with Gasteiger partial charge in [-0.1, -0.05) is 11.6 Å². The Kier molecular flexibility index (Phi) is 6.34. The van der Waals surface area contributed by atoms with Crippen molar-refractivity contribution in [2.24, 2.45) is 0 Å². The van der Waals surface area contributed by atoms with E-state index in [2.05, 4.69) is 10.6 Å². The highest BCUT2D eigenvalue weighted by atomic mass is 35.5. The van der Waals surface area contributed by atoms with E-state index in [1.165, 1.54) is 19.1 Å². The number of nitrogens with zero attached hydrogens (tertiary/aromatic N) is 1. The summed E-state index contributed by atoms with van der Waals surface area (Å²) >= 11 is 6.09. The minimum atomic E-state index is -0.492. The summed E-state index contributed by atoms with van der Waals surface area (Å²) in [4.78, 5) is 21.0. The van der Waals surface area contributed by atoms with Crippen molar-refractivity contribution in [2.75, 3.05) is 13.1 Å². The van der Waals surface area contributed by atoms with Crippen molar-refractivity contribution in [3.05, 3.63) is 51.2 Å². The summed E-state index contributed by atoms with van der Waals surface area (Å²) in [5.74, 6) is 1.26. The number of nitro benzene ring substituents is 1. The van der Waals surface area contributed by atoms with Crippen LogP contribution in [0.3, 0.4) is 0 Å². The van der Waals surface area contributed by atoms with Crippen molar-refractivity contribution in [3.63, 3.8) is 0 Å². The summed E-state index contributed by atoms with van der Waals surface area (Å²) < 4.78 is 5.71. The smallest absolute Gasteiger partial charge is 0.270 e. The number of nitrogens with one attached hydrogen (secondary N) is 2.